The van der Waals surface area contributed by atoms with Gasteiger partial charge in [-0.25, -0.2) is 19.3 Å². The van der Waals surface area contributed by atoms with E-state index in [0.29, 0.717) is 34.3 Å². The maximum atomic E-state index is 14.2. The molecule has 0 saturated heterocycles. The molecule has 2 unspecified atom stereocenters. The molecule has 0 aliphatic heterocycles. The number of nitrogens with two attached hydrogens (primary N) is 1. The number of anilines is 1. The van der Waals surface area contributed by atoms with E-state index in [0.717, 1.165) is 6.08 Å². The fourth-order valence-corrected chi connectivity index (χ4v) is 4.33. The number of hydrogen-bond acceptors (Lipinski definition) is 5. The predicted octanol–water partition coefficient (Wildman–Crippen LogP) is 4.01. The summed E-state index contributed by atoms with van der Waals surface area (Å²) < 4.78 is 56.4. The van der Waals surface area contributed by atoms with Gasteiger partial charge in [-0.2, -0.15) is 13.2 Å². The highest BCUT2D eigenvalue weighted by molar-refractivity contribution is 6.36. The van der Waals surface area contributed by atoms with Crippen LogP contribution in [-0.4, -0.2) is 48.2 Å². The number of aromatic nitrogens is 5. The zero-order valence-electron chi connectivity index (χ0n) is 17.9. The Morgan fingerprint density at radius 2 is 1.97 bits per heavy atom. The number of allylic oxidation sites excluding steroid dienone is 2. The van der Waals surface area contributed by atoms with Crippen molar-refractivity contribution in [1.82, 2.24) is 29.2 Å². The minimum atomic E-state index is -4.66. The molecule has 13 heteroatoms. The number of imidazole rings is 1. The van der Waals surface area contributed by atoms with Gasteiger partial charge in [-0.3, -0.25) is 9.20 Å². The lowest BCUT2D eigenvalue weighted by molar-refractivity contribution is -0.0889. The second-order valence-corrected chi connectivity index (χ2v) is 8.29. The van der Waals surface area contributed by atoms with Gasteiger partial charge in [0.15, 0.2) is 5.65 Å². The molecule has 0 fully saturated rings. The molecule has 1 amide bonds. The first-order chi connectivity index (χ1) is 16.6. The molecule has 0 saturated carbocycles. The van der Waals surface area contributed by atoms with Crippen molar-refractivity contribution in [2.75, 3.05) is 5.73 Å². The summed E-state index contributed by atoms with van der Waals surface area (Å²) >= 11 is 6.63. The van der Waals surface area contributed by atoms with Gasteiger partial charge in [-0.15, -0.1) is 0 Å². The average Bonchev–Trinajstić information content (AvgIpc) is 3.38. The van der Waals surface area contributed by atoms with Gasteiger partial charge >= 0.3 is 6.18 Å². The van der Waals surface area contributed by atoms with Gasteiger partial charge in [-0.1, -0.05) is 17.7 Å². The summed E-state index contributed by atoms with van der Waals surface area (Å²) in [6, 6.07) is 0.140. The summed E-state index contributed by atoms with van der Waals surface area (Å²) in [6.45, 7) is 0. The Bertz CT molecular complexity index is 1550. The first-order valence-electron chi connectivity index (χ1n) is 10.2. The highest BCUT2D eigenvalue weighted by Crippen LogP contribution is 2.38. The van der Waals surface area contributed by atoms with Gasteiger partial charge in [0.2, 0.25) is 0 Å². The Balaban J connectivity index is 1.51. The molecule has 4 aromatic heterocycles. The second kappa shape index (κ2) is 8.08. The maximum Gasteiger partial charge on any atom is 0.416 e. The van der Waals surface area contributed by atoms with Crippen LogP contribution in [0, 0.1) is 0 Å². The minimum absolute atomic E-state index is 0.0297. The summed E-state index contributed by atoms with van der Waals surface area (Å²) in [5.41, 5.74) is 7.01. The Labute approximate surface area is 199 Å². The van der Waals surface area contributed by atoms with Crippen LogP contribution in [0.25, 0.3) is 27.8 Å². The highest BCUT2D eigenvalue weighted by atomic mass is 35.5. The maximum absolute atomic E-state index is 14.2. The number of carbonyl (C=O) groups excluding carboxylic acids is 1. The van der Waals surface area contributed by atoms with E-state index in [4.69, 9.17) is 17.3 Å². The van der Waals surface area contributed by atoms with Crippen molar-refractivity contribution in [2.45, 2.75) is 18.4 Å². The zero-order chi connectivity index (χ0) is 25.1. The lowest BCUT2D eigenvalue weighted by atomic mass is 10.0. The number of nitrogens with zero attached hydrogens (tertiary/aromatic N) is 5. The van der Waals surface area contributed by atoms with E-state index in [2.05, 4.69) is 20.3 Å². The van der Waals surface area contributed by atoms with E-state index in [9.17, 15) is 22.4 Å². The van der Waals surface area contributed by atoms with Gasteiger partial charge < -0.3 is 15.6 Å². The number of rotatable bonds is 3. The topological polar surface area (TPSA) is 103 Å². The van der Waals surface area contributed by atoms with Crippen LogP contribution in [0.3, 0.4) is 0 Å². The molecule has 0 spiro atoms. The van der Waals surface area contributed by atoms with Crippen molar-refractivity contribution >= 4 is 40.0 Å². The zero-order valence-corrected chi connectivity index (χ0v) is 18.6. The van der Waals surface area contributed by atoms with Crippen molar-refractivity contribution in [1.29, 1.82) is 0 Å². The Morgan fingerprint density at radius 1 is 1.20 bits per heavy atom. The van der Waals surface area contributed by atoms with Crippen molar-refractivity contribution in [3.05, 3.63) is 65.5 Å². The van der Waals surface area contributed by atoms with Crippen LogP contribution in [0.5, 0.6) is 0 Å². The lowest BCUT2D eigenvalue weighted by Crippen LogP contribution is -2.41. The quantitative estimate of drug-likeness (QED) is 0.409. The predicted molar refractivity (Wildman–Crippen MR) is 122 cm³/mol. The SMILES string of the molecule is Cn1cc(-c2ccn3c(C(=O)NC4C=C(C(F)(F)F)C=CC4F)cnc3c2Cl)c2c(N)ncnc21. The Kier molecular flexibility index (Phi) is 5.28. The van der Waals surface area contributed by atoms with E-state index < -0.39 is 29.9 Å². The molecule has 4 aromatic rings. The molecule has 180 valence electrons. The number of nitrogens with one attached hydrogen (secondary N) is 1. The molecule has 5 rings (SSSR count). The van der Waals surface area contributed by atoms with Crippen LogP contribution < -0.4 is 11.1 Å². The van der Waals surface area contributed by atoms with Gasteiger partial charge in [0.05, 0.1) is 28.2 Å². The summed E-state index contributed by atoms with van der Waals surface area (Å²) in [7, 11) is 1.79. The summed E-state index contributed by atoms with van der Waals surface area (Å²) in [5, 5.41) is 3.08. The van der Waals surface area contributed by atoms with Crippen LogP contribution in [-0.2, 0) is 7.05 Å². The average molecular weight is 506 g/mol. The number of hydrogen-bond donors (Lipinski definition) is 2. The Hall–Kier alpha value is -3.93. The smallest absolute Gasteiger partial charge is 0.383 e. The number of aryl methyl sites for hydroxylation is 1. The van der Waals surface area contributed by atoms with Gasteiger partial charge in [0, 0.05) is 30.6 Å². The third-order valence-electron chi connectivity index (χ3n) is 5.71. The van der Waals surface area contributed by atoms with E-state index in [1.807, 2.05) is 0 Å². The summed E-state index contributed by atoms with van der Waals surface area (Å²) in [4.78, 5) is 25.3. The molecule has 8 nitrogen and oxygen atoms in total. The first kappa shape index (κ1) is 22.8. The van der Waals surface area contributed by atoms with Crippen molar-refractivity contribution in [3.8, 4) is 11.1 Å². The van der Waals surface area contributed by atoms with E-state index in [1.54, 1.807) is 23.9 Å². The minimum Gasteiger partial charge on any atom is -0.383 e. The standard InChI is InChI=1S/C22H16ClF4N7O/c1-33-8-12(16-18(28)30-9-31-19(16)33)11-4-5-34-15(7-29-20(34)17(11)23)21(35)32-14-6-10(22(25,26)27)2-3-13(14)24/h2-9,13-14H,1H3,(H,32,35)(H2,28,30,31). The van der Waals surface area contributed by atoms with Crippen molar-refractivity contribution < 1.29 is 22.4 Å². The molecule has 2 atom stereocenters. The summed E-state index contributed by atoms with van der Waals surface area (Å²) in [5.74, 6) is -0.552. The molecule has 0 bridgehead atoms. The van der Waals surface area contributed by atoms with Gasteiger partial charge in [0.1, 0.15) is 29.7 Å². The number of carbonyl (C=O) groups is 1. The number of alkyl halides is 4. The van der Waals surface area contributed by atoms with Crippen LogP contribution in [0.4, 0.5) is 23.4 Å². The van der Waals surface area contributed by atoms with Gasteiger partial charge in [-0.05, 0) is 18.2 Å². The molecular formula is C22H16ClF4N7O. The van der Waals surface area contributed by atoms with Crippen LogP contribution in [0.15, 0.2) is 54.8 Å². The number of nitrogen functional groups attached to an aromatic ring is 1. The fourth-order valence-electron chi connectivity index (χ4n) is 4.02. The lowest BCUT2D eigenvalue weighted by Gasteiger charge is -2.22. The molecule has 3 N–H and O–H groups in total. The normalized spacial score (nSPS) is 18.3. The molecule has 4 heterocycles. The van der Waals surface area contributed by atoms with Gasteiger partial charge in [0.25, 0.3) is 5.91 Å². The molecule has 0 aromatic carbocycles. The molecule has 1 aliphatic rings. The molecular weight excluding hydrogens is 490 g/mol. The van der Waals surface area contributed by atoms with Crippen LogP contribution in [0.1, 0.15) is 10.5 Å². The summed E-state index contributed by atoms with van der Waals surface area (Å²) in [6.07, 6.45) is 1.43. The molecule has 1 aliphatic carbocycles. The van der Waals surface area contributed by atoms with E-state index in [1.165, 1.54) is 23.1 Å². The van der Waals surface area contributed by atoms with Crippen LogP contribution >= 0.6 is 11.6 Å². The highest BCUT2D eigenvalue weighted by Gasteiger charge is 2.36. The third kappa shape index (κ3) is 3.79. The van der Waals surface area contributed by atoms with Crippen molar-refractivity contribution in [3.63, 3.8) is 0 Å². The largest absolute Gasteiger partial charge is 0.416 e. The van der Waals surface area contributed by atoms with E-state index in [-0.39, 0.29) is 22.2 Å². The molecule has 0 radical (unpaired) electrons. The second-order valence-electron chi connectivity index (χ2n) is 7.91. The van der Waals surface area contributed by atoms with Crippen LogP contribution in [0.2, 0.25) is 5.02 Å². The fraction of sp³-hybridized carbons (Fsp3) is 0.182. The number of fused-ring (bicyclic) bond motifs is 2. The number of amides is 1. The molecule has 35 heavy (non-hydrogen) atoms. The first-order valence-corrected chi connectivity index (χ1v) is 10.6. The number of pyridine rings is 1. The van der Waals surface area contributed by atoms with E-state index >= 15 is 0 Å². The monoisotopic (exact) mass is 505 g/mol. The number of halogens is 5. The Morgan fingerprint density at radius 3 is 2.71 bits per heavy atom. The van der Waals surface area contributed by atoms with Crippen molar-refractivity contribution in [2.24, 2.45) is 7.05 Å². The third-order valence-corrected chi connectivity index (χ3v) is 6.09.